The van der Waals surface area contributed by atoms with Crippen LogP contribution in [-0.4, -0.2) is 0 Å². The van der Waals surface area contributed by atoms with E-state index in [1.165, 1.54) is 5.56 Å². The standard InChI is InChI=1S/C10H10BrF/c1-6-2-3-7-8(11)4-5-9(12)10(6)7/h4-6H,2-3H2,1H3/t6-/m0/s1. The van der Waals surface area contributed by atoms with Crippen LogP contribution in [0.15, 0.2) is 16.6 Å². The van der Waals surface area contributed by atoms with Gasteiger partial charge in [0.2, 0.25) is 0 Å². The average molecular weight is 229 g/mol. The van der Waals surface area contributed by atoms with Crippen LogP contribution >= 0.6 is 15.9 Å². The number of fused-ring (bicyclic) bond motifs is 1. The van der Waals surface area contributed by atoms with Gasteiger partial charge in [-0.25, -0.2) is 4.39 Å². The van der Waals surface area contributed by atoms with Crippen molar-refractivity contribution in [3.8, 4) is 0 Å². The lowest BCUT2D eigenvalue weighted by molar-refractivity contribution is 0.595. The van der Waals surface area contributed by atoms with E-state index in [0.29, 0.717) is 5.92 Å². The molecule has 0 heterocycles. The lowest BCUT2D eigenvalue weighted by Crippen LogP contribution is -1.92. The fraction of sp³-hybridized carbons (Fsp3) is 0.400. The van der Waals surface area contributed by atoms with Crippen molar-refractivity contribution in [2.24, 2.45) is 0 Å². The van der Waals surface area contributed by atoms with Crippen molar-refractivity contribution in [1.82, 2.24) is 0 Å². The van der Waals surface area contributed by atoms with Gasteiger partial charge in [-0.05, 0) is 42.0 Å². The number of rotatable bonds is 0. The minimum atomic E-state index is -0.0433. The van der Waals surface area contributed by atoms with Crippen LogP contribution in [0.4, 0.5) is 4.39 Å². The molecule has 1 aliphatic rings. The van der Waals surface area contributed by atoms with Crippen LogP contribution in [0.5, 0.6) is 0 Å². The van der Waals surface area contributed by atoms with Gasteiger partial charge in [-0.15, -0.1) is 0 Å². The summed E-state index contributed by atoms with van der Waals surface area (Å²) in [6, 6.07) is 3.34. The highest BCUT2D eigenvalue weighted by molar-refractivity contribution is 9.10. The van der Waals surface area contributed by atoms with Crippen molar-refractivity contribution in [3.05, 3.63) is 33.5 Å². The minimum Gasteiger partial charge on any atom is -0.207 e. The summed E-state index contributed by atoms with van der Waals surface area (Å²) in [5.74, 6) is 0.343. The van der Waals surface area contributed by atoms with Gasteiger partial charge in [0.05, 0.1) is 0 Å². The Bertz CT molecular complexity index is 320. The molecule has 2 heteroatoms. The Morgan fingerprint density at radius 1 is 1.50 bits per heavy atom. The highest BCUT2D eigenvalue weighted by Crippen LogP contribution is 2.38. The molecule has 0 N–H and O–H groups in total. The van der Waals surface area contributed by atoms with Crippen LogP contribution in [0.2, 0.25) is 0 Å². The van der Waals surface area contributed by atoms with E-state index in [1.54, 1.807) is 12.1 Å². The van der Waals surface area contributed by atoms with Crippen molar-refractivity contribution in [1.29, 1.82) is 0 Å². The maximum Gasteiger partial charge on any atom is 0.127 e. The first kappa shape index (κ1) is 8.24. The van der Waals surface area contributed by atoms with Crippen molar-refractivity contribution < 1.29 is 4.39 Å². The molecular weight excluding hydrogens is 219 g/mol. The number of hydrogen-bond donors (Lipinski definition) is 0. The first-order valence-electron chi connectivity index (χ1n) is 4.17. The van der Waals surface area contributed by atoms with Gasteiger partial charge < -0.3 is 0 Å². The predicted molar refractivity (Wildman–Crippen MR) is 50.8 cm³/mol. The third-order valence-corrected chi connectivity index (χ3v) is 3.31. The van der Waals surface area contributed by atoms with Crippen LogP contribution in [0.3, 0.4) is 0 Å². The largest absolute Gasteiger partial charge is 0.207 e. The van der Waals surface area contributed by atoms with Crippen molar-refractivity contribution in [2.45, 2.75) is 25.7 Å². The number of halogens is 2. The molecule has 1 aliphatic carbocycles. The van der Waals surface area contributed by atoms with Gasteiger partial charge in [0.1, 0.15) is 5.82 Å². The van der Waals surface area contributed by atoms with E-state index in [-0.39, 0.29) is 5.82 Å². The monoisotopic (exact) mass is 228 g/mol. The molecule has 12 heavy (non-hydrogen) atoms. The molecule has 1 aromatic rings. The Morgan fingerprint density at radius 3 is 2.92 bits per heavy atom. The first-order chi connectivity index (χ1) is 5.70. The van der Waals surface area contributed by atoms with Gasteiger partial charge in [-0.3, -0.25) is 0 Å². The molecule has 0 bridgehead atoms. The van der Waals surface area contributed by atoms with Gasteiger partial charge in [-0.2, -0.15) is 0 Å². The van der Waals surface area contributed by atoms with E-state index < -0.39 is 0 Å². The Balaban J connectivity index is 2.64. The van der Waals surface area contributed by atoms with Crippen LogP contribution in [0.25, 0.3) is 0 Å². The molecule has 0 aliphatic heterocycles. The fourth-order valence-electron chi connectivity index (χ4n) is 1.90. The highest BCUT2D eigenvalue weighted by Gasteiger charge is 2.23. The molecule has 0 saturated carbocycles. The Hall–Kier alpha value is -0.370. The van der Waals surface area contributed by atoms with Crippen LogP contribution in [0, 0.1) is 5.82 Å². The van der Waals surface area contributed by atoms with E-state index in [1.807, 2.05) is 0 Å². The van der Waals surface area contributed by atoms with E-state index in [0.717, 1.165) is 22.9 Å². The van der Waals surface area contributed by atoms with Crippen molar-refractivity contribution >= 4 is 15.9 Å². The van der Waals surface area contributed by atoms with Gasteiger partial charge in [0, 0.05) is 4.47 Å². The minimum absolute atomic E-state index is 0.0433. The molecule has 0 aromatic heterocycles. The topological polar surface area (TPSA) is 0 Å². The number of hydrogen-bond acceptors (Lipinski definition) is 0. The zero-order chi connectivity index (χ0) is 8.72. The molecule has 0 amide bonds. The Morgan fingerprint density at radius 2 is 2.25 bits per heavy atom. The van der Waals surface area contributed by atoms with Crippen molar-refractivity contribution in [3.63, 3.8) is 0 Å². The summed E-state index contributed by atoms with van der Waals surface area (Å²) in [6.07, 6.45) is 2.09. The SMILES string of the molecule is C[C@H]1CCc2c(Br)ccc(F)c21. The summed E-state index contributed by atoms with van der Waals surface area (Å²) in [4.78, 5) is 0. The summed E-state index contributed by atoms with van der Waals surface area (Å²) in [7, 11) is 0. The zero-order valence-electron chi connectivity index (χ0n) is 6.90. The molecule has 0 spiro atoms. The molecule has 0 radical (unpaired) electrons. The van der Waals surface area contributed by atoms with Crippen LogP contribution in [-0.2, 0) is 6.42 Å². The third kappa shape index (κ3) is 1.09. The van der Waals surface area contributed by atoms with E-state index >= 15 is 0 Å². The quantitative estimate of drug-likeness (QED) is 0.637. The van der Waals surface area contributed by atoms with E-state index in [2.05, 4.69) is 22.9 Å². The predicted octanol–water partition coefficient (Wildman–Crippen LogP) is 3.64. The molecular formula is C10H10BrF. The zero-order valence-corrected chi connectivity index (χ0v) is 8.49. The second kappa shape index (κ2) is 2.84. The molecule has 0 saturated heterocycles. The van der Waals surface area contributed by atoms with Gasteiger partial charge >= 0.3 is 0 Å². The maximum absolute atomic E-state index is 13.3. The summed E-state index contributed by atoms with van der Waals surface area (Å²) in [5, 5.41) is 0. The lowest BCUT2D eigenvalue weighted by Gasteiger charge is -2.06. The first-order valence-corrected chi connectivity index (χ1v) is 4.96. The van der Waals surface area contributed by atoms with Crippen LogP contribution < -0.4 is 0 Å². The fourth-order valence-corrected chi connectivity index (χ4v) is 2.45. The number of benzene rings is 1. The van der Waals surface area contributed by atoms with E-state index in [9.17, 15) is 4.39 Å². The Kier molecular flexibility index (Phi) is 1.95. The van der Waals surface area contributed by atoms with Gasteiger partial charge in [0.15, 0.2) is 0 Å². The molecule has 0 fully saturated rings. The molecule has 2 rings (SSSR count). The molecule has 1 aromatic carbocycles. The molecule has 1 atom stereocenters. The summed E-state index contributed by atoms with van der Waals surface area (Å²) in [5.41, 5.74) is 2.09. The summed E-state index contributed by atoms with van der Waals surface area (Å²) >= 11 is 3.44. The Labute approximate surface area is 79.9 Å². The lowest BCUT2D eigenvalue weighted by atomic mass is 10.0. The van der Waals surface area contributed by atoms with Crippen molar-refractivity contribution in [2.75, 3.05) is 0 Å². The third-order valence-electron chi connectivity index (χ3n) is 2.57. The smallest absolute Gasteiger partial charge is 0.127 e. The maximum atomic E-state index is 13.3. The molecule has 0 nitrogen and oxygen atoms in total. The average Bonchev–Trinajstić information content (AvgIpc) is 2.42. The van der Waals surface area contributed by atoms with Crippen LogP contribution in [0.1, 0.15) is 30.4 Å². The summed E-state index contributed by atoms with van der Waals surface area (Å²) in [6.45, 7) is 2.08. The second-order valence-corrected chi connectivity index (χ2v) is 4.22. The van der Waals surface area contributed by atoms with Gasteiger partial charge in [-0.1, -0.05) is 22.9 Å². The second-order valence-electron chi connectivity index (χ2n) is 3.36. The normalized spacial score (nSPS) is 21.1. The van der Waals surface area contributed by atoms with E-state index in [4.69, 9.17) is 0 Å². The highest BCUT2D eigenvalue weighted by atomic mass is 79.9. The molecule has 64 valence electrons. The van der Waals surface area contributed by atoms with Gasteiger partial charge in [0.25, 0.3) is 0 Å². The summed E-state index contributed by atoms with van der Waals surface area (Å²) < 4.78 is 14.4. The molecule has 0 unspecified atom stereocenters.